The third kappa shape index (κ3) is 2.79. The number of benzene rings is 1. The van der Waals surface area contributed by atoms with Crippen LogP contribution in [0.2, 0.25) is 0 Å². The first-order chi connectivity index (χ1) is 8.08. The van der Waals surface area contributed by atoms with Crippen LogP contribution in [-0.2, 0) is 6.42 Å². The van der Waals surface area contributed by atoms with E-state index in [1.54, 1.807) is 6.07 Å². The number of halogens is 3. The average Bonchev–Trinajstić information content (AvgIpc) is 2.68. The van der Waals surface area contributed by atoms with Crippen molar-refractivity contribution in [3.05, 3.63) is 56.2 Å². The van der Waals surface area contributed by atoms with Crippen LogP contribution >= 0.6 is 27.3 Å². The molecule has 0 saturated carbocycles. The summed E-state index contributed by atoms with van der Waals surface area (Å²) in [5.74, 6) is -2.49. The van der Waals surface area contributed by atoms with E-state index in [1.807, 2.05) is 6.07 Å². The van der Waals surface area contributed by atoms with Crippen molar-refractivity contribution in [3.8, 4) is 0 Å². The summed E-state index contributed by atoms with van der Waals surface area (Å²) in [6.45, 7) is 0. The van der Waals surface area contributed by atoms with Crippen LogP contribution in [0.5, 0.6) is 0 Å². The summed E-state index contributed by atoms with van der Waals surface area (Å²) in [7, 11) is 0. The van der Waals surface area contributed by atoms with Crippen molar-refractivity contribution >= 4 is 33.0 Å². The number of hydrogen-bond acceptors (Lipinski definition) is 2. The summed E-state index contributed by atoms with van der Waals surface area (Å²) in [5, 5.41) is 0. The Balaban J connectivity index is 2.23. The van der Waals surface area contributed by atoms with Gasteiger partial charge in [-0.25, -0.2) is 8.78 Å². The largest absolute Gasteiger partial charge is 0.294 e. The molecule has 0 bridgehead atoms. The van der Waals surface area contributed by atoms with Gasteiger partial charge in [-0.1, -0.05) is 6.07 Å². The van der Waals surface area contributed by atoms with Gasteiger partial charge in [-0.15, -0.1) is 11.3 Å². The molecule has 1 aromatic heterocycles. The van der Waals surface area contributed by atoms with Crippen molar-refractivity contribution in [1.29, 1.82) is 0 Å². The SMILES string of the molecule is O=C(Cc1ccc(Br)s1)c1cccc(F)c1F. The molecule has 1 heterocycles. The second-order valence-corrected chi connectivity index (χ2v) is 5.95. The first-order valence-corrected chi connectivity index (χ1v) is 6.40. The lowest BCUT2D eigenvalue weighted by Gasteiger charge is -2.01. The van der Waals surface area contributed by atoms with Gasteiger partial charge in [0.15, 0.2) is 17.4 Å². The molecule has 0 unspecified atom stereocenters. The Bertz CT molecular complexity index is 565. The maximum atomic E-state index is 13.4. The fourth-order valence-electron chi connectivity index (χ4n) is 1.42. The molecule has 0 aliphatic heterocycles. The van der Waals surface area contributed by atoms with Gasteiger partial charge in [-0.2, -0.15) is 0 Å². The van der Waals surface area contributed by atoms with Crippen molar-refractivity contribution in [1.82, 2.24) is 0 Å². The zero-order valence-electron chi connectivity index (χ0n) is 8.54. The maximum Gasteiger partial charge on any atom is 0.171 e. The van der Waals surface area contributed by atoms with E-state index in [1.165, 1.54) is 23.5 Å². The summed E-state index contributed by atoms with van der Waals surface area (Å²) in [5.41, 5.74) is -0.200. The third-order valence-corrected chi connectivity index (χ3v) is 3.84. The molecule has 1 nitrogen and oxygen atoms in total. The van der Waals surface area contributed by atoms with Crippen LogP contribution in [-0.4, -0.2) is 5.78 Å². The highest BCUT2D eigenvalue weighted by atomic mass is 79.9. The topological polar surface area (TPSA) is 17.1 Å². The summed E-state index contributed by atoms with van der Waals surface area (Å²) in [4.78, 5) is 12.6. The van der Waals surface area contributed by atoms with Crippen molar-refractivity contribution in [2.24, 2.45) is 0 Å². The van der Waals surface area contributed by atoms with Gasteiger partial charge in [0, 0.05) is 11.3 Å². The Hall–Kier alpha value is -1.07. The third-order valence-electron chi connectivity index (χ3n) is 2.22. The molecule has 0 saturated heterocycles. The fraction of sp³-hybridized carbons (Fsp3) is 0.0833. The highest BCUT2D eigenvalue weighted by Gasteiger charge is 2.15. The zero-order valence-corrected chi connectivity index (χ0v) is 10.9. The highest BCUT2D eigenvalue weighted by Crippen LogP contribution is 2.24. The molecule has 0 aliphatic carbocycles. The minimum Gasteiger partial charge on any atom is -0.294 e. The van der Waals surface area contributed by atoms with Crippen LogP contribution in [0.1, 0.15) is 15.2 Å². The van der Waals surface area contributed by atoms with Crippen molar-refractivity contribution in [2.75, 3.05) is 0 Å². The Morgan fingerprint density at radius 2 is 2.00 bits per heavy atom. The van der Waals surface area contributed by atoms with Gasteiger partial charge in [-0.05, 0) is 40.2 Å². The van der Waals surface area contributed by atoms with Crippen molar-refractivity contribution in [2.45, 2.75) is 6.42 Å². The zero-order chi connectivity index (χ0) is 12.4. The van der Waals surface area contributed by atoms with E-state index in [0.717, 1.165) is 14.7 Å². The summed E-state index contributed by atoms with van der Waals surface area (Å²) >= 11 is 4.68. The first kappa shape index (κ1) is 12.4. The van der Waals surface area contributed by atoms with Gasteiger partial charge >= 0.3 is 0 Å². The van der Waals surface area contributed by atoms with E-state index in [9.17, 15) is 13.6 Å². The number of carbonyl (C=O) groups excluding carboxylic acids is 1. The summed E-state index contributed by atoms with van der Waals surface area (Å²) in [6, 6.07) is 7.21. The van der Waals surface area contributed by atoms with Crippen LogP contribution in [0.15, 0.2) is 34.1 Å². The molecule has 0 fully saturated rings. The van der Waals surface area contributed by atoms with E-state index in [-0.39, 0.29) is 12.0 Å². The molecule has 5 heteroatoms. The lowest BCUT2D eigenvalue weighted by atomic mass is 10.1. The molecule has 0 aliphatic rings. The molecular weight excluding hydrogens is 310 g/mol. The highest BCUT2D eigenvalue weighted by molar-refractivity contribution is 9.11. The molecule has 0 N–H and O–H groups in total. The summed E-state index contributed by atoms with van der Waals surface area (Å²) < 4.78 is 27.2. The van der Waals surface area contributed by atoms with Crippen LogP contribution in [0, 0.1) is 11.6 Å². The van der Waals surface area contributed by atoms with Crippen molar-refractivity contribution in [3.63, 3.8) is 0 Å². The van der Waals surface area contributed by atoms with Gasteiger partial charge in [0.05, 0.1) is 9.35 Å². The second kappa shape index (κ2) is 5.06. The molecule has 0 radical (unpaired) electrons. The quantitative estimate of drug-likeness (QED) is 0.775. The van der Waals surface area contributed by atoms with Crippen LogP contribution in [0.4, 0.5) is 8.78 Å². The average molecular weight is 317 g/mol. The normalized spacial score (nSPS) is 10.5. The predicted molar refractivity (Wildman–Crippen MR) is 66.4 cm³/mol. The number of rotatable bonds is 3. The molecule has 0 atom stereocenters. The molecule has 1 aromatic carbocycles. The smallest absolute Gasteiger partial charge is 0.171 e. The Morgan fingerprint density at radius 3 is 2.65 bits per heavy atom. The molecule has 0 spiro atoms. The lowest BCUT2D eigenvalue weighted by molar-refractivity contribution is 0.0989. The molecule has 2 rings (SSSR count). The van der Waals surface area contributed by atoms with E-state index in [4.69, 9.17) is 0 Å². The van der Waals surface area contributed by atoms with E-state index < -0.39 is 17.4 Å². The number of ketones is 1. The molecule has 88 valence electrons. The molecule has 2 aromatic rings. The minimum absolute atomic E-state index is 0.0800. The lowest BCUT2D eigenvalue weighted by Crippen LogP contribution is -2.06. The first-order valence-electron chi connectivity index (χ1n) is 4.79. The van der Waals surface area contributed by atoms with E-state index >= 15 is 0 Å². The second-order valence-electron chi connectivity index (χ2n) is 3.41. The standard InChI is InChI=1S/C12H7BrF2OS/c13-11-5-4-7(17-11)6-10(16)8-2-1-3-9(14)12(8)15/h1-5H,6H2. The monoisotopic (exact) mass is 316 g/mol. The number of carbonyl (C=O) groups is 1. The van der Waals surface area contributed by atoms with Gasteiger partial charge in [0.25, 0.3) is 0 Å². The van der Waals surface area contributed by atoms with Gasteiger partial charge < -0.3 is 0 Å². The van der Waals surface area contributed by atoms with Gasteiger partial charge in [0.2, 0.25) is 0 Å². The Kier molecular flexibility index (Phi) is 3.69. The maximum absolute atomic E-state index is 13.4. The van der Waals surface area contributed by atoms with Crippen LogP contribution < -0.4 is 0 Å². The van der Waals surface area contributed by atoms with Crippen LogP contribution in [0.3, 0.4) is 0 Å². The molecular formula is C12H7BrF2OS. The van der Waals surface area contributed by atoms with Crippen molar-refractivity contribution < 1.29 is 13.6 Å². The number of thiophene rings is 1. The minimum atomic E-state index is -1.08. The Labute approximate surface area is 109 Å². The van der Waals surface area contributed by atoms with Gasteiger partial charge in [-0.3, -0.25) is 4.79 Å². The molecule has 0 amide bonds. The summed E-state index contributed by atoms with van der Waals surface area (Å²) in [6.07, 6.45) is 0.0800. The van der Waals surface area contributed by atoms with E-state index in [0.29, 0.717) is 0 Å². The van der Waals surface area contributed by atoms with E-state index in [2.05, 4.69) is 15.9 Å². The fourth-order valence-corrected chi connectivity index (χ4v) is 2.90. The predicted octanol–water partition coefficient (Wildman–Crippen LogP) is 4.21. The number of Topliss-reactive ketones (excluding diaryl/α,β-unsaturated/α-hetero) is 1. The Morgan fingerprint density at radius 1 is 1.24 bits per heavy atom. The number of hydrogen-bond donors (Lipinski definition) is 0. The van der Waals surface area contributed by atoms with Gasteiger partial charge in [0.1, 0.15) is 0 Å². The van der Waals surface area contributed by atoms with Crippen LogP contribution in [0.25, 0.3) is 0 Å². The molecule has 17 heavy (non-hydrogen) atoms.